The number of carbonyl (C=O) groups is 3. The second-order valence-corrected chi connectivity index (χ2v) is 13.4. The number of nitrogens with zero attached hydrogens (tertiary/aromatic N) is 5. The van der Waals surface area contributed by atoms with Gasteiger partial charge < -0.3 is 19.6 Å². The van der Waals surface area contributed by atoms with Crippen molar-refractivity contribution < 1.29 is 24.2 Å². The zero-order valence-corrected chi connectivity index (χ0v) is 25.5. The molecule has 1 N–H and O–H groups in total. The fraction of sp³-hybridized carbons (Fsp3) is 0.424. The van der Waals surface area contributed by atoms with Gasteiger partial charge in [0.25, 0.3) is 0 Å². The minimum absolute atomic E-state index is 0.0392. The van der Waals surface area contributed by atoms with Crippen LogP contribution in [0.25, 0.3) is 11.0 Å². The summed E-state index contributed by atoms with van der Waals surface area (Å²) in [4.78, 5) is 46.3. The van der Waals surface area contributed by atoms with Crippen molar-refractivity contribution in [1.29, 1.82) is 0 Å². The largest absolute Gasteiger partial charge is 0.461 e. The van der Waals surface area contributed by atoms with Crippen molar-refractivity contribution in [1.82, 2.24) is 24.8 Å². The van der Waals surface area contributed by atoms with Crippen LogP contribution in [0, 0.1) is 17.8 Å². The third kappa shape index (κ3) is 4.82. The molecule has 2 aromatic carbocycles. The van der Waals surface area contributed by atoms with Crippen molar-refractivity contribution in [2.75, 3.05) is 19.8 Å². The predicted octanol–water partition coefficient (Wildman–Crippen LogP) is 3.07. The zero-order valence-electron chi connectivity index (χ0n) is 24.7. The minimum atomic E-state index is -0.919. The lowest BCUT2D eigenvalue weighted by Gasteiger charge is -2.42. The van der Waals surface area contributed by atoms with Gasteiger partial charge in [-0.25, -0.2) is 4.68 Å². The molecule has 1 aromatic heterocycles. The van der Waals surface area contributed by atoms with Crippen molar-refractivity contribution in [3.05, 3.63) is 85.5 Å². The molecule has 2 bridgehead atoms. The molecule has 10 nitrogen and oxygen atoms in total. The number of benzene rings is 2. The highest BCUT2D eigenvalue weighted by atomic mass is 32.2. The van der Waals surface area contributed by atoms with E-state index in [0.29, 0.717) is 18.4 Å². The number of para-hydroxylation sites is 1. The van der Waals surface area contributed by atoms with E-state index in [0.717, 1.165) is 11.1 Å². The van der Waals surface area contributed by atoms with E-state index in [1.807, 2.05) is 54.6 Å². The van der Waals surface area contributed by atoms with Crippen LogP contribution in [0.3, 0.4) is 0 Å². The monoisotopic (exact) mass is 615 g/mol. The lowest BCUT2D eigenvalue weighted by atomic mass is 9.66. The second kappa shape index (κ2) is 12.2. The molecule has 3 fully saturated rings. The summed E-state index contributed by atoms with van der Waals surface area (Å²) in [5.41, 5.74) is 2.42. The number of aliphatic hydroxyl groups excluding tert-OH is 1. The van der Waals surface area contributed by atoms with Crippen LogP contribution in [0.1, 0.15) is 18.9 Å². The highest BCUT2D eigenvalue weighted by Gasteiger charge is 2.77. The molecule has 2 amide bonds. The molecule has 7 atom stereocenters. The summed E-state index contributed by atoms with van der Waals surface area (Å²) in [6.07, 6.45) is 4.20. The molecule has 0 aliphatic carbocycles. The molecule has 44 heavy (non-hydrogen) atoms. The Labute approximate surface area is 260 Å². The number of fused-ring (bicyclic) bond motifs is 2. The minimum Gasteiger partial charge on any atom is -0.461 e. The summed E-state index contributed by atoms with van der Waals surface area (Å²) in [6.45, 7) is 9.64. The summed E-state index contributed by atoms with van der Waals surface area (Å²) < 4.78 is 6.30. The van der Waals surface area contributed by atoms with Crippen LogP contribution in [0.5, 0.6) is 0 Å². The first-order valence-corrected chi connectivity index (χ1v) is 15.8. The van der Waals surface area contributed by atoms with Crippen LogP contribution in [0.15, 0.2) is 79.9 Å². The number of rotatable bonds is 12. The van der Waals surface area contributed by atoms with Gasteiger partial charge in [0.05, 0.1) is 34.7 Å². The SMILES string of the molecule is C=CCOC(=O)[C@@H]1[C@@H]2CC(C)C3(S2)C(C(=O)N(CC=C)Cn2nnc4ccccc42)N([C@@H](CO)Cc2ccccc2)C(=O)[C@H]13. The first-order valence-electron chi connectivity index (χ1n) is 15.0. The standard InChI is InChI=1S/C33H37N5O5S/c1-4-15-36(20-37-25-14-10-9-13-24(25)34-35-37)31(41)29-33-21(3)17-26(44-33)27(32(42)43-16-5-2)28(33)30(40)38(29)23(19-39)18-22-11-7-6-8-12-22/h4-14,21,23,26-29,39H,1-2,15-20H2,3H3/t21?,23-,26+,27-,28+,29?,33?/m1/s1. The van der Waals surface area contributed by atoms with Gasteiger partial charge in [-0.2, -0.15) is 0 Å². The Hall–Kier alpha value is -3.96. The van der Waals surface area contributed by atoms with E-state index in [1.165, 1.54) is 6.08 Å². The third-order valence-corrected chi connectivity index (χ3v) is 11.4. The van der Waals surface area contributed by atoms with Crippen molar-refractivity contribution >= 4 is 40.6 Å². The summed E-state index contributed by atoms with van der Waals surface area (Å²) in [6, 6.07) is 15.5. The maximum atomic E-state index is 14.9. The number of likely N-dealkylation sites (tertiary alicyclic amines) is 1. The van der Waals surface area contributed by atoms with Crippen LogP contribution >= 0.6 is 11.8 Å². The van der Waals surface area contributed by atoms with Crippen molar-refractivity contribution in [3.63, 3.8) is 0 Å². The first-order chi connectivity index (χ1) is 21.3. The molecule has 11 heteroatoms. The van der Waals surface area contributed by atoms with E-state index >= 15 is 0 Å². The highest BCUT2D eigenvalue weighted by molar-refractivity contribution is 8.02. The maximum absolute atomic E-state index is 14.9. The van der Waals surface area contributed by atoms with Gasteiger partial charge in [0.15, 0.2) is 0 Å². The number of esters is 1. The Balaban J connectivity index is 1.43. The molecule has 230 valence electrons. The predicted molar refractivity (Wildman–Crippen MR) is 167 cm³/mol. The van der Waals surface area contributed by atoms with E-state index in [1.54, 1.807) is 32.3 Å². The number of carbonyl (C=O) groups excluding carboxylic acids is 3. The quantitative estimate of drug-likeness (QED) is 0.244. The van der Waals surface area contributed by atoms with E-state index in [2.05, 4.69) is 30.4 Å². The van der Waals surface area contributed by atoms with Crippen molar-refractivity contribution in [2.45, 2.75) is 48.5 Å². The molecule has 3 aliphatic rings. The lowest BCUT2D eigenvalue weighted by molar-refractivity contribution is -0.154. The Bertz CT molecular complexity index is 1580. The number of aromatic nitrogens is 3. The second-order valence-electron chi connectivity index (χ2n) is 11.8. The van der Waals surface area contributed by atoms with Crippen LogP contribution in [0.4, 0.5) is 0 Å². The molecule has 4 heterocycles. The summed E-state index contributed by atoms with van der Waals surface area (Å²) in [5.74, 6) is -2.48. The van der Waals surface area contributed by atoms with Crippen LogP contribution in [-0.4, -0.2) is 89.5 Å². The van der Waals surface area contributed by atoms with E-state index in [4.69, 9.17) is 4.74 Å². The van der Waals surface area contributed by atoms with Gasteiger partial charge in [-0.15, -0.1) is 23.4 Å². The fourth-order valence-corrected chi connectivity index (χ4v) is 9.89. The van der Waals surface area contributed by atoms with Crippen LogP contribution in [0.2, 0.25) is 0 Å². The molecule has 3 saturated heterocycles. The zero-order chi connectivity index (χ0) is 31.0. The van der Waals surface area contributed by atoms with Crippen molar-refractivity contribution in [2.24, 2.45) is 17.8 Å². The molecule has 1 spiro atoms. The van der Waals surface area contributed by atoms with Crippen molar-refractivity contribution in [3.8, 4) is 0 Å². The number of ether oxygens (including phenoxy) is 1. The normalized spacial score (nSPS) is 27.7. The molecule has 3 aromatic rings. The van der Waals surface area contributed by atoms with Gasteiger partial charge in [0.1, 0.15) is 24.8 Å². The average Bonchev–Trinajstić information content (AvgIpc) is 3.76. The Morgan fingerprint density at radius 1 is 1.18 bits per heavy atom. The van der Waals surface area contributed by atoms with E-state index in [-0.39, 0.29) is 49.4 Å². The molecule has 0 radical (unpaired) electrons. The third-order valence-electron chi connectivity index (χ3n) is 9.34. The summed E-state index contributed by atoms with van der Waals surface area (Å²) >= 11 is 1.57. The Kier molecular flexibility index (Phi) is 8.34. The van der Waals surface area contributed by atoms with Crippen LogP contribution in [-0.2, 0) is 32.2 Å². The number of amides is 2. The number of thioether (sulfide) groups is 1. The van der Waals surface area contributed by atoms with Gasteiger partial charge in [-0.05, 0) is 36.5 Å². The molecule has 3 unspecified atom stereocenters. The van der Waals surface area contributed by atoms with E-state index in [9.17, 15) is 19.5 Å². The average molecular weight is 616 g/mol. The molecule has 6 rings (SSSR count). The molecule has 0 saturated carbocycles. The van der Waals surface area contributed by atoms with Crippen LogP contribution < -0.4 is 0 Å². The smallest absolute Gasteiger partial charge is 0.311 e. The first kappa shape index (κ1) is 30.1. The fourth-order valence-electron chi connectivity index (χ4n) is 7.50. The molecular weight excluding hydrogens is 578 g/mol. The number of hydrogen-bond donors (Lipinski definition) is 1. The maximum Gasteiger partial charge on any atom is 0.311 e. The molecule has 3 aliphatic heterocycles. The van der Waals surface area contributed by atoms with Gasteiger partial charge in [0, 0.05) is 11.8 Å². The van der Waals surface area contributed by atoms with Gasteiger partial charge >= 0.3 is 5.97 Å². The summed E-state index contributed by atoms with van der Waals surface area (Å²) in [7, 11) is 0. The topological polar surface area (TPSA) is 118 Å². The Morgan fingerprint density at radius 3 is 2.66 bits per heavy atom. The summed E-state index contributed by atoms with van der Waals surface area (Å²) in [5, 5.41) is 19.2. The lowest BCUT2D eigenvalue weighted by Crippen LogP contribution is -2.59. The van der Waals surface area contributed by atoms with E-state index < -0.39 is 34.6 Å². The highest BCUT2D eigenvalue weighted by Crippen LogP contribution is 2.69. The number of hydrogen-bond acceptors (Lipinski definition) is 8. The van der Waals surface area contributed by atoms with Gasteiger partial charge in [0.2, 0.25) is 11.8 Å². The Morgan fingerprint density at radius 2 is 1.93 bits per heavy atom. The van der Waals surface area contributed by atoms with Gasteiger partial charge in [-0.1, -0.05) is 73.3 Å². The van der Waals surface area contributed by atoms with Gasteiger partial charge in [-0.3, -0.25) is 14.4 Å². The number of aliphatic hydroxyl groups is 1. The molecular formula is C33H37N5O5S.